The van der Waals surface area contributed by atoms with Gasteiger partial charge in [0.05, 0.1) is 31.3 Å². The van der Waals surface area contributed by atoms with Crippen molar-refractivity contribution in [2.75, 3.05) is 31.6 Å². The van der Waals surface area contributed by atoms with Gasteiger partial charge in [0.1, 0.15) is 17.3 Å². The van der Waals surface area contributed by atoms with E-state index in [0.29, 0.717) is 22.7 Å². The van der Waals surface area contributed by atoms with Crippen LogP contribution in [0.4, 0.5) is 10.1 Å². The van der Waals surface area contributed by atoms with Gasteiger partial charge in [0.15, 0.2) is 0 Å². The third kappa shape index (κ3) is 7.08. The minimum Gasteiger partial charge on any atom is -0.497 e. The lowest BCUT2D eigenvalue weighted by Gasteiger charge is -2.30. The maximum Gasteiger partial charge on any atom is 0.264 e. The summed E-state index contributed by atoms with van der Waals surface area (Å²) in [5.41, 5.74) is 5.99. The van der Waals surface area contributed by atoms with E-state index < -0.39 is 15.8 Å². The van der Waals surface area contributed by atoms with Crippen LogP contribution < -0.4 is 13.8 Å². The fourth-order valence-corrected chi connectivity index (χ4v) is 7.08. The van der Waals surface area contributed by atoms with Crippen molar-refractivity contribution in [2.24, 2.45) is 0 Å². The molecule has 0 unspecified atom stereocenters. The number of rotatable bonds is 10. The summed E-state index contributed by atoms with van der Waals surface area (Å²) in [7, 11) is -0.910. The molecule has 0 saturated carbocycles. The first-order valence-corrected chi connectivity index (χ1v) is 16.3. The summed E-state index contributed by atoms with van der Waals surface area (Å²) >= 11 is 0. The number of hydrogen-bond acceptors (Lipinski definition) is 5. The normalized spacial score (nSPS) is 13.8. The number of halogens is 1. The summed E-state index contributed by atoms with van der Waals surface area (Å²) in [4.78, 5) is 2.63. The van der Waals surface area contributed by atoms with Crippen LogP contribution in [0.5, 0.6) is 11.5 Å². The van der Waals surface area contributed by atoms with E-state index in [1.54, 1.807) is 37.4 Å². The molecule has 0 aromatic heterocycles. The van der Waals surface area contributed by atoms with Crippen LogP contribution in [0, 0.1) is 5.82 Å². The first-order chi connectivity index (χ1) is 21.0. The summed E-state index contributed by atoms with van der Waals surface area (Å²) < 4.78 is 54.4. The van der Waals surface area contributed by atoms with Gasteiger partial charge in [0, 0.05) is 31.3 Å². The minimum absolute atomic E-state index is 0.00271. The number of fused-ring (bicyclic) bond motifs is 1. The molecule has 5 rings (SSSR count). The molecule has 4 aromatic carbocycles. The first kappa shape index (κ1) is 31.5. The molecule has 0 bridgehead atoms. The smallest absolute Gasteiger partial charge is 0.264 e. The Morgan fingerprint density at radius 1 is 0.864 bits per heavy atom. The molecular weight excluding hydrogens is 575 g/mol. The van der Waals surface area contributed by atoms with Gasteiger partial charge in [-0.2, -0.15) is 0 Å². The Hall–Kier alpha value is -3.88. The Labute approximate surface area is 261 Å². The van der Waals surface area contributed by atoms with E-state index in [1.165, 1.54) is 46.8 Å². The van der Waals surface area contributed by atoms with E-state index >= 15 is 0 Å². The highest BCUT2D eigenvalue weighted by Gasteiger charge is 2.28. The molecule has 0 saturated heterocycles. The SMILES string of the molecule is COc1ccc(CN(c2ccc(F)cc2)S(=O)(=O)c2ccc3c(c2)CCN(CCc2ccc(C(C)(C)C)cc2)C3)c(OC)c1. The van der Waals surface area contributed by atoms with Gasteiger partial charge in [-0.05, 0) is 89.0 Å². The molecule has 0 fully saturated rings. The maximum atomic E-state index is 14.2. The number of hydrogen-bond donors (Lipinski definition) is 0. The van der Waals surface area contributed by atoms with E-state index in [9.17, 15) is 12.8 Å². The quantitative estimate of drug-likeness (QED) is 0.190. The largest absolute Gasteiger partial charge is 0.497 e. The summed E-state index contributed by atoms with van der Waals surface area (Å²) in [6.45, 7) is 9.26. The van der Waals surface area contributed by atoms with Gasteiger partial charge in [0.25, 0.3) is 10.0 Å². The van der Waals surface area contributed by atoms with Crippen molar-refractivity contribution in [1.29, 1.82) is 0 Å². The molecule has 1 heterocycles. The molecule has 0 spiro atoms. The summed E-state index contributed by atoms with van der Waals surface area (Å²) in [5.74, 6) is 0.666. The molecule has 232 valence electrons. The van der Waals surface area contributed by atoms with Gasteiger partial charge >= 0.3 is 0 Å². The maximum absolute atomic E-state index is 14.2. The zero-order valence-corrected chi connectivity index (χ0v) is 27.0. The molecule has 0 atom stereocenters. The van der Waals surface area contributed by atoms with E-state index in [4.69, 9.17) is 9.47 Å². The van der Waals surface area contributed by atoms with E-state index in [2.05, 4.69) is 49.9 Å². The molecule has 0 amide bonds. The van der Waals surface area contributed by atoms with Crippen molar-refractivity contribution >= 4 is 15.7 Å². The number of ether oxygens (including phenoxy) is 2. The molecule has 4 aromatic rings. The molecule has 1 aliphatic heterocycles. The lowest BCUT2D eigenvalue weighted by Crippen LogP contribution is -2.33. The Bertz CT molecular complexity index is 1700. The summed E-state index contributed by atoms with van der Waals surface area (Å²) in [6.07, 6.45) is 1.73. The zero-order valence-electron chi connectivity index (χ0n) is 26.1. The van der Waals surface area contributed by atoms with Crippen LogP contribution in [0.15, 0.2) is 89.8 Å². The monoisotopic (exact) mass is 616 g/mol. The van der Waals surface area contributed by atoms with Gasteiger partial charge in [0.2, 0.25) is 0 Å². The zero-order chi connectivity index (χ0) is 31.5. The van der Waals surface area contributed by atoms with Gasteiger partial charge in [-0.15, -0.1) is 0 Å². The van der Waals surface area contributed by atoms with Gasteiger partial charge < -0.3 is 9.47 Å². The fraction of sp³-hybridized carbons (Fsp3) is 0.333. The number of sulfonamides is 1. The van der Waals surface area contributed by atoms with Crippen molar-refractivity contribution in [1.82, 2.24) is 4.90 Å². The molecule has 0 aliphatic carbocycles. The van der Waals surface area contributed by atoms with Gasteiger partial charge in [-0.3, -0.25) is 9.21 Å². The molecule has 0 radical (unpaired) electrons. The van der Waals surface area contributed by atoms with Crippen LogP contribution in [0.1, 0.15) is 48.6 Å². The van der Waals surface area contributed by atoms with Gasteiger partial charge in [-0.1, -0.05) is 51.1 Å². The third-order valence-electron chi connectivity index (χ3n) is 8.32. The molecule has 0 N–H and O–H groups in total. The minimum atomic E-state index is -4.00. The van der Waals surface area contributed by atoms with Crippen LogP contribution in [0.25, 0.3) is 0 Å². The standard InChI is InChI=1S/C36H41FN2O4S/c1-36(2,3)30-10-6-26(7-11-30)18-20-38-21-19-27-22-34(17-9-28(27)24-38)44(40,41)39(32-14-12-31(37)13-15-32)25-29-8-16-33(42-4)23-35(29)43-5/h6-17,22-23H,18-21,24-25H2,1-5H3. The molecule has 6 nitrogen and oxygen atoms in total. The van der Waals surface area contributed by atoms with Crippen molar-refractivity contribution in [3.8, 4) is 11.5 Å². The second-order valence-corrected chi connectivity index (χ2v) is 14.2. The van der Waals surface area contributed by atoms with Crippen LogP contribution >= 0.6 is 0 Å². The Morgan fingerprint density at radius 2 is 1.59 bits per heavy atom. The second kappa shape index (κ2) is 13.0. The van der Waals surface area contributed by atoms with E-state index in [0.717, 1.165) is 43.6 Å². The molecule has 8 heteroatoms. The Balaban J connectivity index is 1.35. The Kier molecular flexibility index (Phi) is 9.32. The topological polar surface area (TPSA) is 59.1 Å². The van der Waals surface area contributed by atoms with Crippen molar-refractivity contribution in [3.63, 3.8) is 0 Å². The Morgan fingerprint density at radius 3 is 2.25 bits per heavy atom. The summed E-state index contributed by atoms with van der Waals surface area (Å²) in [5, 5.41) is 0. The lowest BCUT2D eigenvalue weighted by molar-refractivity contribution is 0.257. The number of benzene rings is 4. The fourth-order valence-electron chi connectivity index (χ4n) is 5.58. The predicted molar refractivity (Wildman–Crippen MR) is 174 cm³/mol. The van der Waals surface area contributed by atoms with Crippen LogP contribution in [-0.4, -0.2) is 40.6 Å². The summed E-state index contributed by atoms with van der Waals surface area (Å²) in [6, 6.07) is 25.1. The predicted octanol–water partition coefficient (Wildman–Crippen LogP) is 7.14. The number of nitrogens with zero attached hydrogens (tertiary/aromatic N) is 2. The van der Waals surface area contributed by atoms with Crippen LogP contribution in [0.2, 0.25) is 0 Å². The number of methoxy groups -OCH3 is 2. The molecule has 44 heavy (non-hydrogen) atoms. The lowest BCUT2D eigenvalue weighted by atomic mass is 9.86. The van der Waals surface area contributed by atoms with Gasteiger partial charge in [-0.25, -0.2) is 12.8 Å². The average Bonchev–Trinajstić information content (AvgIpc) is 3.02. The molecular formula is C36H41FN2O4S. The van der Waals surface area contributed by atoms with Crippen molar-refractivity contribution in [2.45, 2.75) is 57.0 Å². The van der Waals surface area contributed by atoms with Crippen LogP contribution in [0.3, 0.4) is 0 Å². The second-order valence-electron chi connectivity index (χ2n) is 12.3. The average molecular weight is 617 g/mol. The third-order valence-corrected chi connectivity index (χ3v) is 10.1. The van der Waals surface area contributed by atoms with Crippen LogP contribution in [-0.2, 0) is 41.4 Å². The molecule has 1 aliphatic rings. The van der Waals surface area contributed by atoms with Crippen molar-refractivity contribution < 1.29 is 22.3 Å². The van der Waals surface area contributed by atoms with E-state index in [-0.39, 0.29) is 16.9 Å². The highest BCUT2D eigenvalue weighted by molar-refractivity contribution is 7.92. The van der Waals surface area contributed by atoms with E-state index in [1.807, 2.05) is 6.07 Å². The number of anilines is 1. The first-order valence-electron chi connectivity index (χ1n) is 14.9. The highest BCUT2D eigenvalue weighted by Crippen LogP contribution is 2.33. The highest BCUT2D eigenvalue weighted by atomic mass is 32.2. The van der Waals surface area contributed by atoms with Crippen molar-refractivity contribution in [3.05, 3.63) is 119 Å².